The normalized spacial score (nSPS) is 16.6. The first kappa shape index (κ1) is 16.2. The van der Waals surface area contributed by atoms with Gasteiger partial charge >= 0.3 is 0 Å². The molecule has 3 rings (SSSR count). The minimum absolute atomic E-state index is 0.0768. The fourth-order valence-corrected chi connectivity index (χ4v) is 3.79. The molecule has 2 aromatic rings. The molecule has 0 amide bonds. The van der Waals surface area contributed by atoms with E-state index in [0.717, 1.165) is 41.9 Å². The second-order valence-electron chi connectivity index (χ2n) is 7.16. The number of pyridine rings is 1. The van der Waals surface area contributed by atoms with Gasteiger partial charge in [0.25, 0.3) is 0 Å². The second kappa shape index (κ2) is 6.43. The van der Waals surface area contributed by atoms with E-state index in [-0.39, 0.29) is 5.41 Å². The van der Waals surface area contributed by atoms with Crippen LogP contribution in [-0.4, -0.2) is 41.4 Å². The van der Waals surface area contributed by atoms with Crippen molar-refractivity contribution in [2.75, 3.05) is 29.9 Å². The maximum Gasteiger partial charge on any atom is 0.208 e. The first-order valence-corrected chi connectivity index (χ1v) is 8.99. The van der Waals surface area contributed by atoms with Crippen LogP contribution in [0.3, 0.4) is 0 Å². The lowest BCUT2D eigenvalue weighted by atomic mass is 9.98. The molecule has 5 nitrogen and oxygen atoms in total. The lowest BCUT2D eigenvalue weighted by Crippen LogP contribution is -2.43. The molecule has 1 aliphatic heterocycles. The van der Waals surface area contributed by atoms with Crippen LogP contribution in [0.1, 0.15) is 38.6 Å². The van der Waals surface area contributed by atoms with Gasteiger partial charge in [0.2, 0.25) is 5.13 Å². The minimum Gasteiger partial charge on any atom is -0.357 e. The Labute approximate surface area is 142 Å². The first-order valence-electron chi connectivity index (χ1n) is 8.18. The zero-order chi connectivity index (χ0) is 16.4. The minimum atomic E-state index is 0.0768. The van der Waals surface area contributed by atoms with Crippen LogP contribution in [0.15, 0.2) is 24.4 Å². The molecule has 0 saturated carbocycles. The molecule has 0 spiro atoms. The van der Waals surface area contributed by atoms with Gasteiger partial charge in [0.05, 0.1) is 0 Å². The number of aromatic nitrogens is 3. The van der Waals surface area contributed by atoms with Gasteiger partial charge in [-0.3, -0.25) is 0 Å². The summed E-state index contributed by atoms with van der Waals surface area (Å²) in [6.07, 6.45) is 4.10. The largest absolute Gasteiger partial charge is 0.357 e. The highest BCUT2D eigenvalue weighted by atomic mass is 32.1. The third-order valence-corrected chi connectivity index (χ3v) is 5.76. The molecular formula is C17H25N5S. The van der Waals surface area contributed by atoms with Crippen LogP contribution in [0.5, 0.6) is 0 Å². The summed E-state index contributed by atoms with van der Waals surface area (Å²) in [6, 6.07) is 6.62. The highest BCUT2D eigenvalue weighted by Gasteiger charge is 2.26. The summed E-state index contributed by atoms with van der Waals surface area (Å²) in [5, 5.41) is 10.9. The number of anilines is 2. The van der Waals surface area contributed by atoms with Gasteiger partial charge in [-0.25, -0.2) is 4.98 Å². The van der Waals surface area contributed by atoms with Crippen molar-refractivity contribution < 1.29 is 0 Å². The summed E-state index contributed by atoms with van der Waals surface area (Å²) in [4.78, 5) is 9.13. The topological polar surface area (TPSA) is 45.2 Å². The number of rotatable bonds is 3. The quantitative estimate of drug-likeness (QED) is 0.863. The second-order valence-corrected chi connectivity index (χ2v) is 8.11. The van der Waals surface area contributed by atoms with Crippen LogP contribution < -0.4 is 9.80 Å². The van der Waals surface area contributed by atoms with Gasteiger partial charge < -0.3 is 9.80 Å². The Morgan fingerprint density at radius 1 is 1.17 bits per heavy atom. The van der Waals surface area contributed by atoms with Crippen molar-refractivity contribution >= 4 is 22.3 Å². The molecule has 6 heteroatoms. The molecule has 0 N–H and O–H groups in total. The molecule has 0 aliphatic carbocycles. The number of hydrogen-bond donors (Lipinski definition) is 0. The summed E-state index contributed by atoms with van der Waals surface area (Å²) in [5.41, 5.74) is 0.0768. The van der Waals surface area contributed by atoms with Gasteiger partial charge in [-0.15, -0.1) is 10.2 Å². The molecule has 3 heterocycles. The molecule has 124 valence electrons. The van der Waals surface area contributed by atoms with Crippen molar-refractivity contribution in [2.24, 2.45) is 0 Å². The van der Waals surface area contributed by atoms with Crippen LogP contribution in [-0.2, 0) is 5.41 Å². The van der Waals surface area contributed by atoms with Gasteiger partial charge in [-0.2, -0.15) is 0 Å². The smallest absolute Gasteiger partial charge is 0.208 e. The van der Waals surface area contributed by atoms with Crippen LogP contribution in [0.25, 0.3) is 0 Å². The zero-order valence-corrected chi connectivity index (χ0v) is 15.2. The van der Waals surface area contributed by atoms with Crippen molar-refractivity contribution in [3.05, 3.63) is 29.4 Å². The van der Waals surface area contributed by atoms with Crippen LogP contribution in [0.4, 0.5) is 10.9 Å². The van der Waals surface area contributed by atoms with Gasteiger partial charge in [-0.1, -0.05) is 38.2 Å². The van der Waals surface area contributed by atoms with E-state index < -0.39 is 0 Å². The van der Waals surface area contributed by atoms with E-state index >= 15 is 0 Å². The van der Waals surface area contributed by atoms with Crippen molar-refractivity contribution in [1.29, 1.82) is 0 Å². The fourth-order valence-electron chi connectivity index (χ4n) is 2.84. The molecule has 0 unspecified atom stereocenters. The first-order chi connectivity index (χ1) is 10.9. The van der Waals surface area contributed by atoms with E-state index in [0.29, 0.717) is 6.04 Å². The molecule has 1 fully saturated rings. The summed E-state index contributed by atoms with van der Waals surface area (Å²) < 4.78 is 0. The van der Waals surface area contributed by atoms with Gasteiger partial charge in [0.1, 0.15) is 10.8 Å². The van der Waals surface area contributed by atoms with E-state index in [1.165, 1.54) is 0 Å². The molecule has 0 aromatic carbocycles. The lowest BCUT2D eigenvalue weighted by molar-refractivity contribution is 0.479. The monoisotopic (exact) mass is 331 g/mol. The standard InChI is InChI=1S/C17H25N5S/c1-17(2,3)15-19-20-16(23-15)22-11-8-13(9-12-22)21(4)14-7-5-6-10-18-14/h5-7,10,13H,8-9,11-12H2,1-4H3. The summed E-state index contributed by atoms with van der Waals surface area (Å²) >= 11 is 1.73. The number of hydrogen-bond acceptors (Lipinski definition) is 6. The average Bonchev–Trinajstić information content (AvgIpc) is 3.05. The van der Waals surface area contributed by atoms with Crippen molar-refractivity contribution in [3.63, 3.8) is 0 Å². The average molecular weight is 331 g/mol. The molecule has 1 saturated heterocycles. The molecule has 0 radical (unpaired) electrons. The third kappa shape index (κ3) is 3.63. The van der Waals surface area contributed by atoms with Gasteiger partial charge in [0.15, 0.2) is 0 Å². The Kier molecular flexibility index (Phi) is 4.53. The maximum atomic E-state index is 4.45. The zero-order valence-electron chi connectivity index (χ0n) is 14.4. The summed E-state index contributed by atoms with van der Waals surface area (Å²) in [7, 11) is 2.14. The fraction of sp³-hybridized carbons (Fsp3) is 0.588. The molecule has 23 heavy (non-hydrogen) atoms. The van der Waals surface area contributed by atoms with Crippen molar-refractivity contribution in [3.8, 4) is 0 Å². The molecular weight excluding hydrogens is 306 g/mol. The van der Waals surface area contributed by atoms with Gasteiger partial charge in [0, 0.05) is 37.8 Å². The molecule has 2 aromatic heterocycles. The van der Waals surface area contributed by atoms with E-state index in [4.69, 9.17) is 0 Å². The van der Waals surface area contributed by atoms with E-state index in [1.54, 1.807) is 11.3 Å². The Morgan fingerprint density at radius 2 is 1.91 bits per heavy atom. The van der Waals surface area contributed by atoms with Crippen molar-refractivity contribution in [1.82, 2.24) is 15.2 Å². The molecule has 1 aliphatic rings. The Morgan fingerprint density at radius 3 is 2.48 bits per heavy atom. The van der Waals surface area contributed by atoms with E-state index in [9.17, 15) is 0 Å². The lowest BCUT2D eigenvalue weighted by Gasteiger charge is -2.37. The maximum absolute atomic E-state index is 4.45. The predicted octanol–water partition coefficient (Wildman–Crippen LogP) is 3.34. The van der Waals surface area contributed by atoms with Crippen molar-refractivity contribution in [2.45, 2.75) is 45.1 Å². The molecule has 0 bridgehead atoms. The highest BCUT2D eigenvalue weighted by molar-refractivity contribution is 7.15. The van der Waals surface area contributed by atoms with E-state index in [2.05, 4.69) is 58.9 Å². The highest BCUT2D eigenvalue weighted by Crippen LogP contribution is 2.31. The van der Waals surface area contributed by atoms with Gasteiger partial charge in [-0.05, 0) is 25.0 Å². The van der Waals surface area contributed by atoms with Crippen LogP contribution in [0.2, 0.25) is 0 Å². The number of piperidine rings is 1. The van der Waals surface area contributed by atoms with E-state index in [1.807, 2.05) is 18.3 Å². The summed E-state index contributed by atoms with van der Waals surface area (Å²) in [6.45, 7) is 8.61. The predicted molar refractivity (Wildman–Crippen MR) is 96.5 cm³/mol. The van der Waals surface area contributed by atoms with Crippen LogP contribution >= 0.6 is 11.3 Å². The Balaban J connectivity index is 1.61. The molecule has 0 atom stereocenters. The summed E-state index contributed by atoms with van der Waals surface area (Å²) in [5.74, 6) is 1.05. The third-order valence-electron chi connectivity index (χ3n) is 4.35. The van der Waals surface area contributed by atoms with Crippen LogP contribution in [0, 0.1) is 0 Å². The Bertz CT molecular complexity index is 626. The Hall–Kier alpha value is -1.69. The number of nitrogens with zero attached hydrogens (tertiary/aromatic N) is 5. The SMILES string of the molecule is CN(c1ccccn1)C1CCN(c2nnc(C(C)(C)C)s2)CC1.